The highest BCUT2D eigenvalue weighted by atomic mass is 16.2. The van der Waals surface area contributed by atoms with E-state index in [1.165, 1.54) is 12.0 Å². The van der Waals surface area contributed by atoms with Crippen molar-refractivity contribution in [2.45, 2.75) is 44.6 Å². The zero-order valence-electron chi connectivity index (χ0n) is 15.7. The Kier molecular flexibility index (Phi) is 4.98. The predicted molar refractivity (Wildman–Crippen MR) is 102 cm³/mol. The second-order valence-electron chi connectivity index (χ2n) is 8.03. The molecule has 1 unspecified atom stereocenters. The highest BCUT2D eigenvalue weighted by Gasteiger charge is 2.34. The largest absolute Gasteiger partial charge is 0.341 e. The van der Waals surface area contributed by atoms with Crippen LogP contribution in [0.25, 0.3) is 0 Å². The third-order valence-electron chi connectivity index (χ3n) is 6.38. The van der Waals surface area contributed by atoms with Gasteiger partial charge >= 0.3 is 0 Å². The van der Waals surface area contributed by atoms with Gasteiger partial charge < -0.3 is 9.80 Å². The molecule has 5 heteroatoms. The minimum atomic E-state index is 0.184. The van der Waals surface area contributed by atoms with Crippen molar-refractivity contribution < 1.29 is 9.59 Å². The number of piperidine rings is 1. The topological polar surface area (TPSA) is 43.9 Å². The van der Waals surface area contributed by atoms with Crippen molar-refractivity contribution in [2.24, 2.45) is 5.92 Å². The molecule has 1 aromatic rings. The standard InChI is InChI=1S/C21H29N3O2/c1-22(21(26)17-7-4-8-17)18-9-5-12-23(14-18)15-20(25)24-13-11-16-6-2-3-10-19(16)24/h2-3,6,10,17-18H,4-5,7-9,11-15H2,1H3. The van der Waals surface area contributed by atoms with Crippen LogP contribution >= 0.6 is 0 Å². The third kappa shape index (κ3) is 3.37. The van der Waals surface area contributed by atoms with Gasteiger partial charge in [0.15, 0.2) is 0 Å². The summed E-state index contributed by atoms with van der Waals surface area (Å²) in [7, 11) is 1.95. The predicted octanol–water partition coefficient (Wildman–Crippen LogP) is 2.30. The molecule has 0 aromatic heterocycles. The van der Waals surface area contributed by atoms with Crippen LogP contribution in [0, 0.1) is 5.92 Å². The summed E-state index contributed by atoms with van der Waals surface area (Å²) in [6.45, 7) is 3.01. The fourth-order valence-corrected chi connectivity index (χ4v) is 4.49. The highest BCUT2D eigenvalue weighted by Crippen LogP contribution is 2.30. The maximum Gasteiger partial charge on any atom is 0.241 e. The lowest BCUT2D eigenvalue weighted by molar-refractivity contribution is -0.140. The Morgan fingerprint density at radius 1 is 1.12 bits per heavy atom. The average molecular weight is 355 g/mol. The highest BCUT2D eigenvalue weighted by molar-refractivity contribution is 5.96. The normalized spacial score (nSPS) is 23.4. The quantitative estimate of drug-likeness (QED) is 0.832. The van der Waals surface area contributed by atoms with Gasteiger partial charge in [-0.15, -0.1) is 0 Å². The van der Waals surface area contributed by atoms with Crippen LogP contribution in [0.3, 0.4) is 0 Å². The second kappa shape index (κ2) is 7.39. The molecule has 1 saturated heterocycles. The number of hydrogen-bond donors (Lipinski definition) is 0. The number of rotatable bonds is 4. The van der Waals surface area contributed by atoms with Gasteiger partial charge in [0.05, 0.1) is 6.54 Å². The molecule has 2 heterocycles. The van der Waals surface area contributed by atoms with E-state index < -0.39 is 0 Å². The Bertz CT molecular complexity index is 686. The van der Waals surface area contributed by atoms with Gasteiger partial charge in [0.2, 0.25) is 11.8 Å². The molecule has 1 atom stereocenters. The number of likely N-dealkylation sites (N-methyl/N-ethyl adjacent to an activating group) is 1. The molecule has 0 radical (unpaired) electrons. The molecule has 0 bridgehead atoms. The third-order valence-corrected chi connectivity index (χ3v) is 6.38. The smallest absolute Gasteiger partial charge is 0.241 e. The number of likely N-dealkylation sites (tertiary alicyclic amines) is 1. The molecule has 3 aliphatic rings. The van der Waals surface area contributed by atoms with Gasteiger partial charge in [0.25, 0.3) is 0 Å². The second-order valence-corrected chi connectivity index (χ2v) is 8.03. The lowest BCUT2D eigenvalue weighted by Crippen LogP contribution is -2.52. The molecule has 5 nitrogen and oxygen atoms in total. The molecule has 4 rings (SSSR count). The molecule has 1 aliphatic carbocycles. The number of benzene rings is 1. The van der Waals surface area contributed by atoms with Crippen LogP contribution in [0.4, 0.5) is 5.69 Å². The van der Waals surface area contributed by atoms with Gasteiger partial charge in [-0.1, -0.05) is 24.6 Å². The van der Waals surface area contributed by atoms with Crippen molar-refractivity contribution in [1.29, 1.82) is 0 Å². The summed E-state index contributed by atoms with van der Waals surface area (Å²) in [5, 5.41) is 0. The number of carbonyl (C=O) groups is 2. The van der Waals surface area contributed by atoms with Crippen LogP contribution in [0.15, 0.2) is 24.3 Å². The number of anilines is 1. The molecule has 0 spiro atoms. The summed E-state index contributed by atoms with van der Waals surface area (Å²) in [5.41, 5.74) is 2.34. The monoisotopic (exact) mass is 355 g/mol. The fourth-order valence-electron chi connectivity index (χ4n) is 4.49. The summed E-state index contributed by atoms with van der Waals surface area (Å²) in [4.78, 5) is 31.5. The van der Waals surface area contributed by atoms with E-state index >= 15 is 0 Å². The molecular formula is C21H29N3O2. The first kappa shape index (κ1) is 17.5. The van der Waals surface area contributed by atoms with E-state index in [2.05, 4.69) is 11.0 Å². The van der Waals surface area contributed by atoms with Gasteiger partial charge in [0, 0.05) is 37.8 Å². The number of nitrogens with zero attached hydrogens (tertiary/aromatic N) is 3. The maximum absolute atomic E-state index is 12.9. The molecule has 1 saturated carbocycles. The van der Waals surface area contributed by atoms with Crippen molar-refractivity contribution in [2.75, 3.05) is 38.1 Å². The van der Waals surface area contributed by atoms with Crippen molar-refractivity contribution in [3.63, 3.8) is 0 Å². The Morgan fingerprint density at radius 3 is 2.69 bits per heavy atom. The van der Waals surface area contributed by atoms with Crippen LogP contribution in [0.5, 0.6) is 0 Å². The minimum absolute atomic E-state index is 0.184. The molecule has 2 amide bonds. The van der Waals surface area contributed by atoms with Gasteiger partial charge in [-0.3, -0.25) is 14.5 Å². The Morgan fingerprint density at radius 2 is 1.92 bits per heavy atom. The van der Waals surface area contributed by atoms with E-state index in [4.69, 9.17) is 0 Å². The average Bonchev–Trinajstić information content (AvgIpc) is 3.04. The van der Waals surface area contributed by atoms with E-state index in [0.29, 0.717) is 12.5 Å². The maximum atomic E-state index is 12.9. The summed E-state index contributed by atoms with van der Waals surface area (Å²) in [6, 6.07) is 8.44. The van der Waals surface area contributed by atoms with Crippen molar-refractivity contribution in [3.05, 3.63) is 29.8 Å². The SMILES string of the molecule is CN(C(=O)C1CCC1)C1CCCN(CC(=O)N2CCc3ccccc32)C1. The van der Waals surface area contributed by atoms with E-state index in [-0.39, 0.29) is 17.9 Å². The van der Waals surface area contributed by atoms with Crippen LogP contribution < -0.4 is 4.90 Å². The zero-order valence-corrected chi connectivity index (χ0v) is 15.7. The molecule has 0 N–H and O–H groups in total. The van der Waals surface area contributed by atoms with Crippen LogP contribution in [-0.4, -0.2) is 60.9 Å². The number of fused-ring (bicyclic) bond motifs is 1. The Balaban J connectivity index is 1.35. The van der Waals surface area contributed by atoms with Crippen LogP contribution in [0.2, 0.25) is 0 Å². The van der Waals surface area contributed by atoms with E-state index in [0.717, 1.165) is 57.4 Å². The van der Waals surface area contributed by atoms with E-state index in [1.54, 1.807) is 0 Å². The van der Waals surface area contributed by atoms with Crippen molar-refractivity contribution >= 4 is 17.5 Å². The van der Waals surface area contributed by atoms with Gasteiger partial charge in [-0.25, -0.2) is 0 Å². The number of para-hydroxylation sites is 1. The molecule has 26 heavy (non-hydrogen) atoms. The van der Waals surface area contributed by atoms with Crippen LogP contribution in [-0.2, 0) is 16.0 Å². The fraction of sp³-hybridized carbons (Fsp3) is 0.619. The number of hydrogen-bond acceptors (Lipinski definition) is 3. The number of carbonyl (C=O) groups excluding carboxylic acids is 2. The first-order valence-electron chi connectivity index (χ1n) is 10.0. The van der Waals surface area contributed by atoms with Crippen molar-refractivity contribution in [3.8, 4) is 0 Å². The van der Waals surface area contributed by atoms with Gasteiger partial charge in [0.1, 0.15) is 0 Å². The summed E-state index contributed by atoms with van der Waals surface area (Å²) >= 11 is 0. The summed E-state index contributed by atoms with van der Waals surface area (Å²) in [5.74, 6) is 0.740. The minimum Gasteiger partial charge on any atom is -0.341 e. The first-order valence-corrected chi connectivity index (χ1v) is 10.0. The first-order chi connectivity index (χ1) is 12.6. The lowest BCUT2D eigenvalue weighted by Gasteiger charge is -2.40. The molecular weight excluding hydrogens is 326 g/mol. The molecule has 2 aliphatic heterocycles. The van der Waals surface area contributed by atoms with Gasteiger partial charge in [-0.2, -0.15) is 0 Å². The van der Waals surface area contributed by atoms with E-state index in [1.807, 2.05) is 35.0 Å². The van der Waals surface area contributed by atoms with Gasteiger partial charge in [-0.05, 0) is 50.3 Å². The van der Waals surface area contributed by atoms with Crippen LogP contribution in [0.1, 0.15) is 37.7 Å². The number of amides is 2. The lowest BCUT2D eigenvalue weighted by atomic mass is 9.84. The zero-order chi connectivity index (χ0) is 18.1. The summed E-state index contributed by atoms with van der Waals surface area (Å²) < 4.78 is 0. The summed E-state index contributed by atoms with van der Waals surface area (Å²) in [6.07, 6.45) is 6.33. The molecule has 1 aromatic carbocycles. The van der Waals surface area contributed by atoms with E-state index in [9.17, 15) is 9.59 Å². The molecule has 2 fully saturated rings. The van der Waals surface area contributed by atoms with Crippen molar-refractivity contribution in [1.82, 2.24) is 9.80 Å². The Labute approximate surface area is 155 Å². The molecule has 140 valence electrons. The Hall–Kier alpha value is -1.88.